The van der Waals surface area contributed by atoms with Gasteiger partial charge in [0.05, 0.1) is 17.2 Å². The van der Waals surface area contributed by atoms with Gasteiger partial charge in [-0.15, -0.1) is 0 Å². The van der Waals surface area contributed by atoms with Gasteiger partial charge in [-0.05, 0) is 80.1 Å². The number of hydrogen-bond donors (Lipinski definition) is 3. The molecule has 3 rings (SSSR count). The zero-order valence-corrected chi connectivity index (χ0v) is 18.0. The van der Waals surface area contributed by atoms with Crippen LogP contribution >= 0.6 is 11.8 Å². The first-order valence-corrected chi connectivity index (χ1v) is 10.3. The summed E-state index contributed by atoms with van der Waals surface area (Å²) in [6.07, 6.45) is 0.667. The molecule has 1 atom stereocenters. The number of amides is 1. The van der Waals surface area contributed by atoms with Crippen LogP contribution in [0.2, 0.25) is 0 Å². The Morgan fingerprint density at radius 1 is 1.26 bits per heavy atom. The van der Waals surface area contributed by atoms with Crippen molar-refractivity contribution in [2.75, 3.05) is 6.61 Å². The number of nitrogens with one attached hydrogen (secondary N) is 1. The highest BCUT2D eigenvalue weighted by Crippen LogP contribution is 2.33. The van der Waals surface area contributed by atoms with E-state index in [9.17, 15) is 14.7 Å². The summed E-state index contributed by atoms with van der Waals surface area (Å²) in [7, 11) is 0. The number of aliphatic imine (C=N–C) groups is 1. The number of aryl methyl sites for hydroxylation is 1. The Balaban J connectivity index is 1.83. The Kier molecular flexibility index (Phi) is 6.86. The van der Waals surface area contributed by atoms with Gasteiger partial charge in [0, 0.05) is 0 Å². The van der Waals surface area contributed by atoms with E-state index in [-0.39, 0.29) is 11.7 Å². The summed E-state index contributed by atoms with van der Waals surface area (Å²) >= 11 is 1.20. The van der Waals surface area contributed by atoms with Gasteiger partial charge in [-0.25, -0.2) is 9.79 Å². The van der Waals surface area contributed by atoms with Crippen LogP contribution in [0.5, 0.6) is 17.2 Å². The summed E-state index contributed by atoms with van der Waals surface area (Å²) in [5.74, 6) is -0.504. The van der Waals surface area contributed by atoms with Crippen LogP contribution in [0.15, 0.2) is 46.3 Å². The molecular weight excluding hydrogens is 420 g/mol. The van der Waals surface area contributed by atoms with E-state index in [4.69, 9.17) is 14.6 Å². The van der Waals surface area contributed by atoms with Gasteiger partial charge < -0.3 is 25.0 Å². The van der Waals surface area contributed by atoms with Gasteiger partial charge in [-0.1, -0.05) is 6.07 Å². The monoisotopic (exact) mass is 442 g/mol. The van der Waals surface area contributed by atoms with E-state index >= 15 is 0 Å². The maximum atomic E-state index is 12.4. The number of aliphatic carboxylic acids is 1. The number of carbonyl (C=O) groups excluding carboxylic acids is 1. The van der Waals surface area contributed by atoms with Gasteiger partial charge in [-0.3, -0.25) is 4.79 Å². The largest absolute Gasteiger partial charge is 0.508 e. The molecule has 1 amide bonds. The van der Waals surface area contributed by atoms with Gasteiger partial charge in [-0.2, -0.15) is 0 Å². The van der Waals surface area contributed by atoms with Crippen molar-refractivity contribution >= 4 is 40.6 Å². The number of hydrogen-bond acceptors (Lipinski definition) is 7. The Labute approximate surface area is 183 Å². The summed E-state index contributed by atoms with van der Waals surface area (Å²) in [6, 6.07) is 9.83. The molecule has 0 aliphatic carbocycles. The standard InChI is InChI=1S/C22H22N2O6S/c1-4-29-18-10-14(5-8-17(18)30-13(3)21(27)28)11-19-20(26)24-22(31-19)23-16-7-6-15(25)9-12(16)2/h5-11,13,25H,4H2,1-3H3,(H,27,28)(H,23,24,26)/b19-11+. The van der Waals surface area contributed by atoms with Crippen molar-refractivity contribution in [3.63, 3.8) is 0 Å². The average molecular weight is 442 g/mol. The van der Waals surface area contributed by atoms with Gasteiger partial charge in [0.15, 0.2) is 22.8 Å². The van der Waals surface area contributed by atoms with E-state index in [1.54, 1.807) is 36.4 Å². The zero-order valence-electron chi connectivity index (χ0n) is 17.2. The molecule has 0 aromatic heterocycles. The minimum absolute atomic E-state index is 0.153. The average Bonchev–Trinajstić information content (AvgIpc) is 3.05. The third-order valence-electron chi connectivity index (χ3n) is 4.27. The summed E-state index contributed by atoms with van der Waals surface area (Å²) in [6.45, 7) is 5.44. The topological polar surface area (TPSA) is 117 Å². The SMILES string of the molecule is CCOc1cc(/C=C2/SC(=Nc3ccc(O)cc3C)NC2=O)ccc1OC(C)C(=O)O. The molecule has 1 unspecified atom stereocenters. The molecule has 0 saturated carbocycles. The Morgan fingerprint density at radius 3 is 2.71 bits per heavy atom. The normalized spacial score (nSPS) is 16.9. The van der Waals surface area contributed by atoms with Crippen LogP contribution in [-0.4, -0.2) is 40.0 Å². The van der Waals surface area contributed by atoms with E-state index in [0.29, 0.717) is 39.4 Å². The van der Waals surface area contributed by atoms with Crippen LogP contribution < -0.4 is 14.8 Å². The first kappa shape index (κ1) is 22.2. The number of carboxylic acid groups (broad SMARTS) is 1. The number of amidine groups is 1. The number of carboxylic acids is 1. The molecule has 0 radical (unpaired) electrons. The molecule has 1 aliphatic rings. The highest BCUT2D eigenvalue weighted by atomic mass is 32.2. The van der Waals surface area contributed by atoms with Gasteiger partial charge in [0.1, 0.15) is 5.75 Å². The van der Waals surface area contributed by atoms with Crippen LogP contribution in [0.25, 0.3) is 6.08 Å². The lowest BCUT2D eigenvalue weighted by molar-refractivity contribution is -0.144. The summed E-state index contributed by atoms with van der Waals surface area (Å²) in [4.78, 5) is 28.3. The van der Waals surface area contributed by atoms with Crippen molar-refractivity contribution in [3.8, 4) is 17.2 Å². The molecule has 1 saturated heterocycles. The van der Waals surface area contributed by atoms with Gasteiger partial charge in [0.25, 0.3) is 5.91 Å². The molecule has 1 heterocycles. The molecule has 9 heteroatoms. The Bertz CT molecular complexity index is 1080. The number of ether oxygens (including phenoxy) is 2. The zero-order chi connectivity index (χ0) is 22.5. The third kappa shape index (κ3) is 5.58. The fourth-order valence-electron chi connectivity index (χ4n) is 2.73. The second-order valence-electron chi connectivity index (χ2n) is 6.69. The first-order chi connectivity index (χ1) is 14.8. The van der Waals surface area contributed by atoms with Gasteiger partial charge in [0.2, 0.25) is 0 Å². The first-order valence-electron chi connectivity index (χ1n) is 9.52. The van der Waals surface area contributed by atoms with Crippen molar-refractivity contribution in [2.45, 2.75) is 26.9 Å². The lowest BCUT2D eigenvalue weighted by atomic mass is 10.2. The smallest absolute Gasteiger partial charge is 0.344 e. The maximum absolute atomic E-state index is 12.4. The fourth-order valence-corrected chi connectivity index (χ4v) is 3.56. The molecule has 2 aromatic carbocycles. The van der Waals surface area contributed by atoms with E-state index in [1.165, 1.54) is 24.8 Å². The molecule has 162 valence electrons. The molecule has 1 fully saturated rings. The second kappa shape index (κ2) is 9.57. The van der Waals surface area contributed by atoms with Crippen molar-refractivity contribution in [2.24, 2.45) is 4.99 Å². The predicted octanol–water partition coefficient (Wildman–Crippen LogP) is 3.84. The van der Waals surface area contributed by atoms with E-state index in [2.05, 4.69) is 10.3 Å². The van der Waals surface area contributed by atoms with Crippen LogP contribution in [0.4, 0.5) is 5.69 Å². The summed E-state index contributed by atoms with van der Waals surface area (Å²) < 4.78 is 11.0. The summed E-state index contributed by atoms with van der Waals surface area (Å²) in [5.41, 5.74) is 2.13. The number of rotatable bonds is 7. The highest BCUT2D eigenvalue weighted by molar-refractivity contribution is 8.18. The molecule has 3 N–H and O–H groups in total. The van der Waals surface area contributed by atoms with Crippen LogP contribution in [0, 0.1) is 6.92 Å². The van der Waals surface area contributed by atoms with Crippen molar-refractivity contribution < 1.29 is 29.3 Å². The molecule has 0 bridgehead atoms. The minimum Gasteiger partial charge on any atom is -0.508 e. The van der Waals surface area contributed by atoms with Crippen LogP contribution in [-0.2, 0) is 9.59 Å². The maximum Gasteiger partial charge on any atom is 0.344 e. The summed E-state index contributed by atoms with van der Waals surface area (Å²) in [5, 5.41) is 21.7. The van der Waals surface area contributed by atoms with E-state index in [1.807, 2.05) is 13.8 Å². The molecule has 1 aliphatic heterocycles. The van der Waals surface area contributed by atoms with E-state index < -0.39 is 12.1 Å². The van der Waals surface area contributed by atoms with Gasteiger partial charge >= 0.3 is 5.97 Å². The Morgan fingerprint density at radius 2 is 2.03 bits per heavy atom. The number of phenolic OH excluding ortho intramolecular Hbond substituents is 1. The Hall–Kier alpha value is -3.46. The molecular formula is C22H22N2O6S. The lowest BCUT2D eigenvalue weighted by Crippen LogP contribution is -2.23. The quantitative estimate of drug-likeness (QED) is 0.558. The molecule has 2 aromatic rings. The molecule has 0 spiro atoms. The van der Waals surface area contributed by atoms with Crippen LogP contribution in [0.3, 0.4) is 0 Å². The number of aromatic hydroxyl groups is 1. The number of nitrogens with zero attached hydrogens (tertiary/aromatic N) is 1. The number of thioether (sulfide) groups is 1. The highest BCUT2D eigenvalue weighted by Gasteiger charge is 2.24. The fraction of sp³-hybridized carbons (Fsp3) is 0.227. The number of phenols is 1. The van der Waals surface area contributed by atoms with Crippen molar-refractivity contribution in [1.29, 1.82) is 0 Å². The number of carbonyl (C=O) groups is 2. The van der Waals surface area contributed by atoms with Crippen molar-refractivity contribution in [1.82, 2.24) is 5.32 Å². The second-order valence-corrected chi connectivity index (χ2v) is 7.72. The third-order valence-corrected chi connectivity index (χ3v) is 5.18. The molecule has 31 heavy (non-hydrogen) atoms. The molecule has 8 nitrogen and oxygen atoms in total. The van der Waals surface area contributed by atoms with Crippen molar-refractivity contribution in [3.05, 3.63) is 52.4 Å². The van der Waals surface area contributed by atoms with Crippen LogP contribution in [0.1, 0.15) is 25.0 Å². The number of benzene rings is 2. The predicted molar refractivity (Wildman–Crippen MR) is 119 cm³/mol. The van der Waals surface area contributed by atoms with E-state index in [0.717, 1.165) is 5.56 Å². The minimum atomic E-state index is -1.08. The lowest BCUT2D eigenvalue weighted by Gasteiger charge is -2.15.